The summed E-state index contributed by atoms with van der Waals surface area (Å²) in [5, 5.41) is 0.593. The van der Waals surface area contributed by atoms with Crippen LogP contribution in [0.3, 0.4) is 0 Å². The third-order valence-corrected chi connectivity index (χ3v) is 2.90. The molecule has 2 aromatic rings. The summed E-state index contributed by atoms with van der Waals surface area (Å²) >= 11 is 5.80. The van der Waals surface area contributed by atoms with E-state index in [4.69, 9.17) is 23.2 Å². The van der Waals surface area contributed by atoms with E-state index in [1.807, 2.05) is 6.07 Å². The number of nitrogens with one attached hydrogen (secondary N) is 1. The SMILES string of the molecule is NNC(Cc1cnccc1N)c1ccc(Cl)cn1. The zero-order valence-electron chi connectivity index (χ0n) is 9.68. The van der Waals surface area contributed by atoms with Crippen LogP contribution >= 0.6 is 11.6 Å². The van der Waals surface area contributed by atoms with Crippen molar-refractivity contribution in [3.8, 4) is 0 Å². The first kappa shape index (κ1) is 12.8. The molecule has 0 bridgehead atoms. The largest absolute Gasteiger partial charge is 0.398 e. The fourth-order valence-corrected chi connectivity index (χ4v) is 1.78. The average molecular weight is 264 g/mol. The summed E-state index contributed by atoms with van der Waals surface area (Å²) in [4.78, 5) is 8.29. The van der Waals surface area contributed by atoms with Gasteiger partial charge in [0.2, 0.25) is 0 Å². The molecule has 2 rings (SSSR count). The van der Waals surface area contributed by atoms with Gasteiger partial charge in [-0.3, -0.25) is 21.2 Å². The van der Waals surface area contributed by atoms with Gasteiger partial charge < -0.3 is 5.73 Å². The maximum Gasteiger partial charge on any atom is 0.0673 e. The number of nitrogens with zero attached hydrogens (tertiary/aromatic N) is 2. The lowest BCUT2D eigenvalue weighted by Gasteiger charge is -2.16. The molecule has 0 saturated carbocycles. The van der Waals surface area contributed by atoms with E-state index < -0.39 is 0 Å². The Bertz CT molecular complexity index is 514. The van der Waals surface area contributed by atoms with Crippen LogP contribution in [0.4, 0.5) is 5.69 Å². The second kappa shape index (κ2) is 5.77. The van der Waals surface area contributed by atoms with Crippen LogP contribution in [0, 0.1) is 0 Å². The lowest BCUT2D eigenvalue weighted by atomic mass is 10.0. The van der Waals surface area contributed by atoms with Gasteiger partial charge in [0.25, 0.3) is 0 Å². The topological polar surface area (TPSA) is 89.8 Å². The van der Waals surface area contributed by atoms with E-state index in [2.05, 4.69) is 15.4 Å². The van der Waals surface area contributed by atoms with Gasteiger partial charge in [-0.25, -0.2) is 0 Å². The molecule has 0 saturated heterocycles. The van der Waals surface area contributed by atoms with Gasteiger partial charge in [0.1, 0.15) is 0 Å². The van der Waals surface area contributed by atoms with Crippen molar-refractivity contribution < 1.29 is 0 Å². The molecule has 0 aliphatic heterocycles. The number of hydrogen-bond acceptors (Lipinski definition) is 5. The molecule has 5 nitrogen and oxygen atoms in total. The van der Waals surface area contributed by atoms with E-state index in [0.717, 1.165) is 11.3 Å². The first-order valence-corrected chi connectivity index (χ1v) is 5.84. The highest BCUT2D eigenvalue weighted by atomic mass is 35.5. The van der Waals surface area contributed by atoms with Crippen LogP contribution in [-0.4, -0.2) is 9.97 Å². The highest BCUT2D eigenvalue weighted by Gasteiger charge is 2.13. The molecule has 0 aliphatic carbocycles. The number of pyridine rings is 2. The van der Waals surface area contributed by atoms with Crippen LogP contribution in [0.15, 0.2) is 36.8 Å². The second-order valence-corrected chi connectivity index (χ2v) is 4.34. The molecule has 0 radical (unpaired) electrons. The van der Waals surface area contributed by atoms with Crippen molar-refractivity contribution >= 4 is 17.3 Å². The molecular formula is C12H14ClN5. The summed E-state index contributed by atoms with van der Waals surface area (Å²) in [7, 11) is 0. The number of rotatable bonds is 4. The van der Waals surface area contributed by atoms with Crippen molar-refractivity contribution in [3.05, 3.63) is 53.1 Å². The van der Waals surface area contributed by atoms with Gasteiger partial charge in [-0.1, -0.05) is 11.6 Å². The smallest absolute Gasteiger partial charge is 0.0673 e. The second-order valence-electron chi connectivity index (χ2n) is 3.90. The van der Waals surface area contributed by atoms with Gasteiger partial charge in [-0.05, 0) is 30.2 Å². The molecule has 0 fully saturated rings. The normalized spacial score (nSPS) is 12.3. The molecule has 0 amide bonds. The Hall–Kier alpha value is -1.69. The molecule has 18 heavy (non-hydrogen) atoms. The molecule has 0 spiro atoms. The predicted molar refractivity (Wildman–Crippen MR) is 71.7 cm³/mol. The van der Waals surface area contributed by atoms with Crippen molar-refractivity contribution in [2.24, 2.45) is 5.84 Å². The molecule has 5 N–H and O–H groups in total. The molecule has 2 aromatic heterocycles. The molecule has 2 heterocycles. The van der Waals surface area contributed by atoms with E-state index in [1.165, 1.54) is 0 Å². The number of anilines is 1. The van der Waals surface area contributed by atoms with E-state index in [1.54, 1.807) is 30.7 Å². The Morgan fingerprint density at radius 3 is 2.72 bits per heavy atom. The minimum Gasteiger partial charge on any atom is -0.398 e. The molecule has 1 atom stereocenters. The van der Waals surface area contributed by atoms with Crippen LogP contribution < -0.4 is 17.0 Å². The summed E-state index contributed by atoms with van der Waals surface area (Å²) in [6.07, 6.45) is 5.60. The minimum absolute atomic E-state index is 0.131. The van der Waals surface area contributed by atoms with Crippen molar-refractivity contribution in [1.82, 2.24) is 15.4 Å². The molecule has 0 aliphatic rings. The quantitative estimate of drug-likeness (QED) is 0.574. The fourth-order valence-electron chi connectivity index (χ4n) is 1.67. The van der Waals surface area contributed by atoms with Gasteiger partial charge in [0.15, 0.2) is 0 Å². The van der Waals surface area contributed by atoms with Gasteiger partial charge in [0.05, 0.1) is 16.8 Å². The van der Waals surface area contributed by atoms with Crippen LogP contribution in [0.1, 0.15) is 17.3 Å². The first-order valence-electron chi connectivity index (χ1n) is 5.46. The predicted octanol–water partition coefficient (Wildman–Crippen LogP) is 1.46. The zero-order valence-corrected chi connectivity index (χ0v) is 10.4. The number of hydrazine groups is 1. The van der Waals surface area contributed by atoms with Crippen LogP contribution in [-0.2, 0) is 6.42 Å². The van der Waals surface area contributed by atoms with Crippen molar-refractivity contribution in [3.63, 3.8) is 0 Å². The van der Waals surface area contributed by atoms with E-state index >= 15 is 0 Å². The number of nitrogen functional groups attached to an aromatic ring is 1. The number of hydrogen-bond donors (Lipinski definition) is 3. The van der Waals surface area contributed by atoms with E-state index in [0.29, 0.717) is 17.1 Å². The van der Waals surface area contributed by atoms with Crippen LogP contribution in [0.25, 0.3) is 0 Å². The van der Waals surface area contributed by atoms with Crippen molar-refractivity contribution in [2.45, 2.75) is 12.5 Å². The van der Waals surface area contributed by atoms with Crippen LogP contribution in [0.5, 0.6) is 0 Å². The maximum atomic E-state index is 5.88. The molecular weight excluding hydrogens is 250 g/mol. The Kier molecular flexibility index (Phi) is 4.09. The molecule has 1 unspecified atom stereocenters. The highest BCUT2D eigenvalue weighted by molar-refractivity contribution is 6.30. The van der Waals surface area contributed by atoms with Gasteiger partial charge >= 0.3 is 0 Å². The van der Waals surface area contributed by atoms with E-state index in [9.17, 15) is 0 Å². The van der Waals surface area contributed by atoms with Gasteiger partial charge in [-0.15, -0.1) is 0 Å². The maximum absolute atomic E-state index is 5.88. The third-order valence-electron chi connectivity index (χ3n) is 2.67. The number of aromatic nitrogens is 2. The Balaban J connectivity index is 2.20. The van der Waals surface area contributed by atoms with E-state index in [-0.39, 0.29) is 6.04 Å². The summed E-state index contributed by atoms with van der Waals surface area (Å²) in [6.45, 7) is 0. The Labute approximate surface area is 110 Å². The lowest BCUT2D eigenvalue weighted by molar-refractivity contribution is 0.538. The standard InChI is InChI=1S/C12H14ClN5/c13-9-1-2-11(17-7-9)12(18-15)5-8-6-16-4-3-10(8)14/h1-4,6-7,12,18H,5,15H2,(H2,14,16). The Morgan fingerprint density at radius 1 is 1.28 bits per heavy atom. The van der Waals surface area contributed by atoms with Gasteiger partial charge in [-0.2, -0.15) is 0 Å². The number of halogens is 1. The molecule has 0 aromatic carbocycles. The van der Waals surface area contributed by atoms with Gasteiger partial charge in [0, 0.05) is 24.3 Å². The van der Waals surface area contributed by atoms with Crippen LogP contribution in [0.2, 0.25) is 5.02 Å². The summed E-state index contributed by atoms with van der Waals surface area (Å²) in [5.74, 6) is 5.56. The fraction of sp³-hybridized carbons (Fsp3) is 0.167. The summed E-state index contributed by atoms with van der Waals surface area (Å²) in [6, 6.07) is 5.24. The number of nitrogens with two attached hydrogens (primary N) is 2. The monoisotopic (exact) mass is 263 g/mol. The zero-order chi connectivity index (χ0) is 13.0. The van der Waals surface area contributed by atoms with Crippen molar-refractivity contribution in [1.29, 1.82) is 0 Å². The Morgan fingerprint density at radius 2 is 2.11 bits per heavy atom. The molecule has 6 heteroatoms. The average Bonchev–Trinajstić information content (AvgIpc) is 2.39. The minimum atomic E-state index is -0.131. The third kappa shape index (κ3) is 2.95. The summed E-state index contributed by atoms with van der Waals surface area (Å²) < 4.78 is 0. The molecule has 94 valence electrons. The van der Waals surface area contributed by atoms with Crippen molar-refractivity contribution in [2.75, 3.05) is 5.73 Å². The first-order chi connectivity index (χ1) is 8.70. The summed E-state index contributed by atoms with van der Waals surface area (Å²) in [5.41, 5.74) is 11.0. The highest BCUT2D eigenvalue weighted by Crippen LogP contribution is 2.20. The lowest BCUT2D eigenvalue weighted by Crippen LogP contribution is -2.30.